The molecule has 1 amide bonds. The molecule has 2 aromatic rings. The van der Waals surface area contributed by atoms with E-state index in [1.807, 2.05) is 20.8 Å². The van der Waals surface area contributed by atoms with E-state index in [4.69, 9.17) is 4.84 Å². The minimum Gasteiger partial charge on any atom is -0.385 e. The molecule has 25 heavy (non-hydrogen) atoms. The Morgan fingerprint density at radius 2 is 2.00 bits per heavy atom. The van der Waals surface area contributed by atoms with Crippen LogP contribution in [0.25, 0.3) is 11.0 Å². The first-order valence-corrected chi connectivity index (χ1v) is 9.27. The third-order valence-corrected chi connectivity index (χ3v) is 5.68. The predicted octanol–water partition coefficient (Wildman–Crippen LogP) is 0.271. The van der Waals surface area contributed by atoms with Crippen LogP contribution in [0, 0.1) is 5.92 Å². The highest BCUT2D eigenvalue weighted by atomic mass is 32.2. The number of carbonyl (C=O) groups is 1. The standard InChI is InChI=1S/C15H23N5O4S/c1-10(2)11(3)16-15(21)9-24-20-14-8-12(25(22,23)19(4)5)6-7-13(14)17-18-20/h6-8,10-11H,9H2,1-5H3,(H,16,21)/t11-/m1/s1. The minimum atomic E-state index is -3.59. The van der Waals surface area contributed by atoms with E-state index in [1.54, 1.807) is 6.07 Å². The van der Waals surface area contributed by atoms with Gasteiger partial charge in [0.25, 0.3) is 5.91 Å². The molecular formula is C15H23N5O4S. The van der Waals surface area contributed by atoms with Crippen molar-refractivity contribution in [1.82, 2.24) is 24.8 Å². The number of nitrogens with zero attached hydrogens (tertiary/aromatic N) is 4. The molecule has 1 aromatic heterocycles. The Morgan fingerprint density at radius 3 is 2.60 bits per heavy atom. The summed E-state index contributed by atoms with van der Waals surface area (Å²) >= 11 is 0. The molecule has 0 aliphatic rings. The van der Waals surface area contributed by atoms with Crippen molar-refractivity contribution in [2.45, 2.75) is 31.7 Å². The van der Waals surface area contributed by atoms with Crippen molar-refractivity contribution in [1.29, 1.82) is 0 Å². The SMILES string of the molecule is CC(C)[C@@H](C)NC(=O)COn1nnc2ccc(S(=O)(=O)N(C)C)cc21. The lowest BCUT2D eigenvalue weighted by molar-refractivity contribution is -0.127. The summed E-state index contributed by atoms with van der Waals surface area (Å²) in [4.78, 5) is 18.4. The number of carbonyl (C=O) groups excluding carboxylic acids is 1. The number of rotatable bonds is 7. The van der Waals surface area contributed by atoms with Crippen LogP contribution in [0.1, 0.15) is 20.8 Å². The van der Waals surface area contributed by atoms with Gasteiger partial charge in [0.05, 0.1) is 4.90 Å². The van der Waals surface area contributed by atoms with Gasteiger partial charge in [-0.3, -0.25) is 4.79 Å². The first-order chi connectivity index (χ1) is 11.6. The fourth-order valence-corrected chi connectivity index (χ4v) is 2.85. The van der Waals surface area contributed by atoms with Gasteiger partial charge >= 0.3 is 0 Å². The van der Waals surface area contributed by atoms with E-state index < -0.39 is 10.0 Å². The lowest BCUT2D eigenvalue weighted by Gasteiger charge is -2.17. The molecule has 1 aromatic carbocycles. The second-order valence-electron chi connectivity index (χ2n) is 6.27. The molecule has 1 N–H and O–H groups in total. The predicted molar refractivity (Wildman–Crippen MR) is 92.3 cm³/mol. The number of fused-ring (bicyclic) bond motifs is 1. The Kier molecular flexibility index (Phi) is 5.63. The van der Waals surface area contributed by atoms with E-state index in [0.29, 0.717) is 17.0 Å². The number of benzene rings is 1. The first-order valence-electron chi connectivity index (χ1n) is 7.83. The van der Waals surface area contributed by atoms with Crippen LogP contribution in [0.2, 0.25) is 0 Å². The van der Waals surface area contributed by atoms with Crippen LogP contribution in [0.5, 0.6) is 0 Å². The molecule has 1 atom stereocenters. The van der Waals surface area contributed by atoms with Crippen molar-refractivity contribution in [3.05, 3.63) is 18.2 Å². The summed E-state index contributed by atoms with van der Waals surface area (Å²) in [7, 11) is -0.690. The van der Waals surface area contributed by atoms with Crippen LogP contribution in [0.15, 0.2) is 23.1 Å². The van der Waals surface area contributed by atoms with E-state index in [0.717, 1.165) is 9.15 Å². The molecule has 0 bridgehead atoms. The molecule has 0 unspecified atom stereocenters. The van der Waals surface area contributed by atoms with Gasteiger partial charge in [0.1, 0.15) is 11.0 Å². The maximum absolute atomic E-state index is 12.2. The van der Waals surface area contributed by atoms with Gasteiger partial charge in [-0.05, 0) is 36.3 Å². The highest BCUT2D eigenvalue weighted by Gasteiger charge is 2.19. The largest absolute Gasteiger partial charge is 0.385 e. The van der Waals surface area contributed by atoms with Crippen molar-refractivity contribution < 1.29 is 18.0 Å². The number of hydrogen-bond donors (Lipinski definition) is 1. The molecular weight excluding hydrogens is 346 g/mol. The average Bonchev–Trinajstić information content (AvgIpc) is 2.94. The van der Waals surface area contributed by atoms with Crippen LogP contribution in [0.3, 0.4) is 0 Å². The maximum Gasteiger partial charge on any atom is 0.260 e. The van der Waals surface area contributed by atoms with Crippen LogP contribution in [-0.4, -0.2) is 60.5 Å². The fraction of sp³-hybridized carbons (Fsp3) is 0.533. The number of nitrogens with one attached hydrogen (secondary N) is 1. The van der Waals surface area contributed by atoms with Crippen molar-refractivity contribution in [2.24, 2.45) is 5.92 Å². The molecule has 0 fully saturated rings. The minimum absolute atomic E-state index is 0.0143. The smallest absolute Gasteiger partial charge is 0.260 e. The fourth-order valence-electron chi connectivity index (χ4n) is 1.93. The van der Waals surface area contributed by atoms with Gasteiger partial charge in [0.15, 0.2) is 6.61 Å². The van der Waals surface area contributed by atoms with E-state index in [-0.39, 0.29) is 23.5 Å². The Bertz CT molecular complexity index is 860. The second kappa shape index (κ2) is 7.36. The van der Waals surface area contributed by atoms with Gasteiger partial charge in [0.2, 0.25) is 10.0 Å². The highest BCUT2D eigenvalue weighted by Crippen LogP contribution is 2.18. The van der Waals surface area contributed by atoms with Crippen LogP contribution < -0.4 is 10.2 Å². The topological polar surface area (TPSA) is 106 Å². The van der Waals surface area contributed by atoms with Crippen molar-refractivity contribution in [3.63, 3.8) is 0 Å². The monoisotopic (exact) mass is 369 g/mol. The zero-order chi connectivity index (χ0) is 18.8. The molecule has 2 rings (SSSR count). The van der Waals surface area contributed by atoms with Gasteiger partial charge < -0.3 is 10.2 Å². The molecule has 9 nitrogen and oxygen atoms in total. The first kappa shape index (κ1) is 19.1. The van der Waals surface area contributed by atoms with Crippen molar-refractivity contribution >= 4 is 27.0 Å². The Hall–Kier alpha value is -2.20. The van der Waals surface area contributed by atoms with Gasteiger partial charge in [-0.25, -0.2) is 12.7 Å². The molecule has 0 spiro atoms. The molecule has 0 saturated heterocycles. The number of aromatic nitrogens is 3. The number of amides is 1. The molecule has 0 saturated carbocycles. The van der Waals surface area contributed by atoms with E-state index >= 15 is 0 Å². The summed E-state index contributed by atoms with van der Waals surface area (Å²) in [6.07, 6.45) is 0. The van der Waals surface area contributed by atoms with Gasteiger partial charge in [-0.1, -0.05) is 18.7 Å². The van der Waals surface area contributed by atoms with Gasteiger partial charge in [-0.2, -0.15) is 0 Å². The van der Waals surface area contributed by atoms with Crippen molar-refractivity contribution in [3.8, 4) is 0 Å². The molecule has 138 valence electrons. The third-order valence-electron chi connectivity index (χ3n) is 3.87. The lowest BCUT2D eigenvalue weighted by Crippen LogP contribution is -2.40. The normalized spacial score (nSPS) is 13.4. The summed E-state index contributed by atoms with van der Waals surface area (Å²) < 4.78 is 25.6. The number of sulfonamides is 1. The maximum atomic E-state index is 12.2. The zero-order valence-electron chi connectivity index (χ0n) is 14.9. The van der Waals surface area contributed by atoms with E-state index in [9.17, 15) is 13.2 Å². The lowest BCUT2D eigenvalue weighted by atomic mass is 10.1. The Labute approximate surface area is 146 Å². The second-order valence-corrected chi connectivity index (χ2v) is 8.43. The highest BCUT2D eigenvalue weighted by molar-refractivity contribution is 7.89. The third kappa shape index (κ3) is 4.26. The van der Waals surface area contributed by atoms with Crippen LogP contribution in [-0.2, 0) is 14.8 Å². The van der Waals surface area contributed by atoms with Crippen LogP contribution in [0.4, 0.5) is 0 Å². The van der Waals surface area contributed by atoms with Crippen molar-refractivity contribution in [2.75, 3.05) is 20.7 Å². The molecule has 0 radical (unpaired) electrons. The van der Waals surface area contributed by atoms with E-state index in [1.165, 1.54) is 26.2 Å². The summed E-state index contributed by atoms with van der Waals surface area (Å²) in [5.41, 5.74) is 0.835. The summed E-state index contributed by atoms with van der Waals surface area (Å²) in [5, 5.41) is 10.5. The van der Waals surface area contributed by atoms with Crippen LogP contribution >= 0.6 is 0 Å². The molecule has 1 heterocycles. The average molecular weight is 369 g/mol. The quantitative estimate of drug-likeness (QED) is 0.751. The summed E-state index contributed by atoms with van der Waals surface area (Å²) in [6.45, 7) is 5.67. The van der Waals surface area contributed by atoms with Gasteiger partial charge in [0, 0.05) is 20.1 Å². The molecule has 10 heteroatoms. The Morgan fingerprint density at radius 1 is 1.32 bits per heavy atom. The number of hydrogen-bond acceptors (Lipinski definition) is 6. The molecule has 0 aliphatic heterocycles. The summed E-state index contributed by atoms with van der Waals surface area (Å²) in [6, 6.07) is 4.42. The van der Waals surface area contributed by atoms with Gasteiger partial charge in [-0.15, -0.1) is 5.10 Å². The molecule has 0 aliphatic carbocycles. The summed E-state index contributed by atoms with van der Waals surface area (Å²) in [5.74, 6) is 0.0110. The van der Waals surface area contributed by atoms with E-state index in [2.05, 4.69) is 15.6 Å². The Balaban J connectivity index is 2.18. The zero-order valence-corrected chi connectivity index (χ0v) is 15.7.